The van der Waals surface area contributed by atoms with Crippen LogP contribution in [0.1, 0.15) is 24.2 Å². The maximum absolute atomic E-state index is 11.7. The second kappa shape index (κ2) is 6.68. The van der Waals surface area contributed by atoms with Gasteiger partial charge < -0.3 is 15.7 Å². The van der Waals surface area contributed by atoms with E-state index in [1.54, 1.807) is 32.0 Å². The van der Waals surface area contributed by atoms with Crippen molar-refractivity contribution in [2.24, 2.45) is 0 Å². The lowest BCUT2D eigenvalue weighted by molar-refractivity contribution is -0.121. The Kier molecular flexibility index (Phi) is 5.50. The molecule has 0 spiro atoms. The van der Waals surface area contributed by atoms with Gasteiger partial charge in [-0.3, -0.25) is 9.59 Å². The Balaban J connectivity index is 2.40. The van der Waals surface area contributed by atoms with Gasteiger partial charge in [0.05, 0.1) is 12.1 Å². The van der Waals surface area contributed by atoms with E-state index in [1.807, 2.05) is 6.07 Å². The lowest BCUT2D eigenvalue weighted by atomic mass is 10.1. The zero-order valence-corrected chi connectivity index (χ0v) is 12.5. The average Bonchev–Trinajstić information content (AvgIpc) is 2.32. The highest BCUT2D eigenvalue weighted by atomic mass is 79.9. The average molecular weight is 329 g/mol. The van der Waals surface area contributed by atoms with Crippen molar-refractivity contribution < 1.29 is 14.7 Å². The molecule has 0 aliphatic heterocycles. The largest absolute Gasteiger partial charge is 0.389 e. The lowest BCUT2D eigenvalue weighted by Crippen LogP contribution is -2.43. The van der Waals surface area contributed by atoms with E-state index in [4.69, 9.17) is 0 Å². The Morgan fingerprint density at radius 1 is 1.32 bits per heavy atom. The number of halogens is 1. The minimum Gasteiger partial charge on any atom is -0.389 e. The third kappa shape index (κ3) is 6.35. The van der Waals surface area contributed by atoms with E-state index >= 15 is 0 Å². The number of hydrogen-bond acceptors (Lipinski definition) is 3. The van der Waals surface area contributed by atoms with Crippen molar-refractivity contribution in [1.29, 1.82) is 0 Å². The van der Waals surface area contributed by atoms with Gasteiger partial charge in [0.2, 0.25) is 5.91 Å². The summed E-state index contributed by atoms with van der Waals surface area (Å²) >= 11 is 3.27. The minimum atomic E-state index is -0.968. The molecule has 1 aromatic rings. The van der Waals surface area contributed by atoms with Crippen LogP contribution in [0, 0.1) is 0 Å². The highest BCUT2D eigenvalue weighted by molar-refractivity contribution is 9.10. The summed E-state index contributed by atoms with van der Waals surface area (Å²) in [7, 11) is 0. The number of aliphatic hydroxyl groups is 1. The number of carbonyl (C=O) groups excluding carboxylic acids is 2. The molecule has 2 amide bonds. The molecular weight excluding hydrogens is 312 g/mol. The fraction of sp³-hybridized carbons (Fsp3) is 0.385. The standard InChI is InChI=1S/C13H17BrN2O3/c1-13(2,19)8-16-11(17)7-15-12(18)9-4-3-5-10(14)6-9/h3-6,19H,7-8H2,1-2H3,(H,15,18)(H,16,17). The Morgan fingerprint density at radius 2 is 2.00 bits per heavy atom. The van der Waals surface area contributed by atoms with Crippen LogP contribution in [0.3, 0.4) is 0 Å². The summed E-state index contributed by atoms with van der Waals surface area (Å²) in [5.41, 5.74) is -0.492. The van der Waals surface area contributed by atoms with Gasteiger partial charge in [-0.1, -0.05) is 22.0 Å². The van der Waals surface area contributed by atoms with Gasteiger partial charge in [0.15, 0.2) is 0 Å². The first-order chi connectivity index (χ1) is 8.78. The van der Waals surface area contributed by atoms with Crippen LogP contribution in [0.25, 0.3) is 0 Å². The smallest absolute Gasteiger partial charge is 0.251 e. The minimum absolute atomic E-state index is 0.124. The summed E-state index contributed by atoms with van der Waals surface area (Å²) < 4.78 is 0.798. The second-order valence-corrected chi connectivity index (χ2v) is 5.70. The van der Waals surface area contributed by atoms with Crippen molar-refractivity contribution in [2.45, 2.75) is 19.4 Å². The molecule has 5 nitrogen and oxygen atoms in total. The van der Waals surface area contributed by atoms with Crippen LogP contribution in [0.4, 0.5) is 0 Å². The highest BCUT2D eigenvalue weighted by Gasteiger charge is 2.14. The molecule has 0 bridgehead atoms. The van der Waals surface area contributed by atoms with Crippen molar-refractivity contribution in [3.05, 3.63) is 34.3 Å². The first-order valence-corrected chi connectivity index (χ1v) is 6.60. The van der Waals surface area contributed by atoms with Crippen LogP contribution in [0.5, 0.6) is 0 Å². The van der Waals surface area contributed by atoms with Gasteiger partial charge in [0, 0.05) is 16.6 Å². The summed E-state index contributed by atoms with van der Waals surface area (Å²) in [5, 5.41) is 14.5. The molecule has 6 heteroatoms. The molecule has 0 heterocycles. The van der Waals surface area contributed by atoms with Gasteiger partial charge in [-0.2, -0.15) is 0 Å². The van der Waals surface area contributed by atoms with Crippen LogP contribution >= 0.6 is 15.9 Å². The third-order valence-electron chi connectivity index (χ3n) is 2.21. The van der Waals surface area contributed by atoms with E-state index in [0.29, 0.717) is 5.56 Å². The first-order valence-electron chi connectivity index (χ1n) is 5.81. The van der Waals surface area contributed by atoms with Gasteiger partial charge in [0.25, 0.3) is 5.91 Å². The van der Waals surface area contributed by atoms with E-state index in [1.165, 1.54) is 0 Å². The third-order valence-corrected chi connectivity index (χ3v) is 2.71. The number of nitrogens with one attached hydrogen (secondary N) is 2. The number of hydrogen-bond donors (Lipinski definition) is 3. The molecule has 0 fully saturated rings. The molecule has 3 N–H and O–H groups in total. The molecule has 0 unspecified atom stereocenters. The van der Waals surface area contributed by atoms with Gasteiger partial charge in [0.1, 0.15) is 0 Å². The van der Waals surface area contributed by atoms with Gasteiger partial charge in [-0.25, -0.2) is 0 Å². The Hall–Kier alpha value is -1.40. The molecular formula is C13H17BrN2O3. The van der Waals surface area contributed by atoms with Gasteiger partial charge in [-0.05, 0) is 32.0 Å². The lowest BCUT2D eigenvalue weighted by Gasteiger charge is -2.17. The molecule has 19 heavy (non-hydrogen) atoms. The van der Waals surface area contributed by atoms with Crippen molar-refractivity contribution >= 4 is 27.7 Å². The molecule has 0 saturated carbocycles. The summed E-state index contributed by atoms with van der Waals surface area (Å²) in [6, 6.07) is 6.89. The maximum atomic E-state index is 11.7. The molecule has 0 aliphatic rings. The Bertz CT molecular complexity index is 469. The zero-order valence-electron chi connectivity index (χ0n) is 10.9. The summed E-state index contributed by atoms with van der Waals surface area (Å²) in [4.78, 5) is 23.2. The topological polar surface area (TPSA) is 78.4 Å². The van der Waals surface area contributed by atoms with Crippen LogP contribution in [0.2, 0.25) is 0 Å². The number of carbonyl (C=O) groups is 2. The Labute approximate surface area is 120 Å². The first kappa shape index (κ1) is 15.7. The quantitative estimate of drug-likeness (QED) is 0.756. The summed E-state index contributed by atoms with van der Waals surface area (Å²) in [6.45, 7) is 3.20. The van der Waals surface area contributed by atoms with Crippen molar-refractivity contribution in [3.8, 4) is 0 Å². The molecule has 0 radical (unpaired) electrons. The molecule has 0 atom stereocenters. The molecule has 0 aromatic heterocycles. The van der Waals surface area contributed by atoms with E-state index in [-0.39, 0.29) is 24.9 Å². The number of rotatable bonds is 5. The van der Waals surface area contributed by atoms with E-state index in [2.05, 4.69) is 26.6 Å². The zero-order chi connectivity index (χ0) is 14.5. The molecule has 0 saturated heterocycles. The fourth-order valence-electron chi connectivity index (χ4n) is 1.27. The fourth-order valence-corrected chi connectivity index (χ4v) is 1.67. The predicted molar refractivity (Wildman–Crippen MR) is 75.8 cm³/mol. The van der Waals surface area contributed by atoms with E-state index < -0.39 is 5.60 Å². The van der Waals surface area contributed by atoms with Crippen LogP contribution in [-0.2, 0) is 4.79 Å². The number of amides is 2. The molecule has 1 aromatic carbocycles. The number of benzene rings is 1. The normalized spacial score (nSPS) is 10.9. The summed E-state index contributed by atoms with van der Waals surface area (Å²) in [6.07, 6.45) is 0. The predicted octanol–water partition coefficient (Wildman–Crippen LogP) is 1.07. The second-order valence-electron chi connectivity index (χ2n) is 4.78. The van der Waals surface area contributed by atoms with Crippen molar-refractivity contribution in [1.82, 2.24) is 10.6 Å². The van der Waals surface area contributed by atoms with Crippen LogP contribution in [-0.4, -0.2) is 35.6 Å². The highest BCUT2D eigenvalue weighted by Crippen LogP contribution is 2.11. The monoisotopic (exact) mass is 328 g/mol. The summed E-state index contributed by atoms with van der Waals surface area (Å²) in [5.74, 6) is -0.662. The Morgan fingerprint density at radius 3 is 2.58 bits per heavy atom. The molecule has 104 valence electrons. The van der Waals surface area contributed by atoms with Crippen molar-refractivity contribution in [2.75, 3.05) is 13.1 Å². The van der Waals surface area contributed by atoms with Crippen molar-refractivity contribution in [3.63, 3.8) is 0 Å². The van der Waals surface area contributed by atoms with Gasteiger partial charge >= 0.3 is 0 Å². The van der Waals surface area contributed by atoms with E-state index in [9.17, 15) is 14.7 Å². The SMILES string of the molecule is CC(C)(O)CNC(=O)CNC(=O)c1cccc(Br)c1. The maximum Gasteiger partial charge on any atom is 0.251 e. The molecule has 0 aliphatic carbocycles. The van der Waals surface area contributed by atoms with E-state index in [0.717, 1.165) is 4.47 Å². The van der Waals surface area contributed by atoms with Crippen LogP contribution < -0.4 is 10.6 Å². The van der Waals surface area contributed by atoms with Gasteiger partial charge in [-0.15, -0.1) is 0 Å². The molecule has 1 rings (SSSR count). The van der Waals surface area contributed by atoms with Crippen LogP contribution in [0.15, 0.2) is 28.7 Å².